The summed E-state index contributed by atoms with van der Waals surface area (Å²) in [6, 6.07) is 3.97. The van der Waals surface area contributed by atoms with E-state index in [0.29, 0.717) is 4.99 Å². The average Bonchev–Trinajstić information content (AvgIpc) is 2.66. The molecule has 1 heterocycles. The Hall–Kier alpha value is -0.830. The topological polar surface area (TPSA) is 30.9 Å². The Morgan fingerprint density at radius 3 is 3.00 bits per heavy atom. The molecule has 1 aromatic heterocycles. The van der Waals surface area contributed by atoms with Crippen molar-refractivity contribution in [1.29, 1.82) is 0 Å². The van der Waals surface area contributed by atoms with Gasteiger partial charge in [-0.2, -0.15) is 0 Å². The molecule has 0 spiro atoms. The van der Waals surface area contributed by atoms with Crippen molar-refractivity contribution in [2.45, 2.75) is 19.4 Å². The maximum absolute atomic E-state index is 5.57. The van der Waals surface area contributed by atoms with Gasteiger partial charge in [-0.25, -0.2) is 0 Å². The molecule has 0 bridgehead atoms. The molecular formula is C9H12N2S. The first kappa shape index (κ1) is 7.80. The highest BCUT2D eigenvalue weighted by Gasteiger charge is 2.22. The van der Waals surface area contributed by atoms with Crippen LogP contribution in [0.3, 0.4) is 0 Å². The molecule has 1 aromatic rings. The molecule has 1 aliphatic rings. The molecule has 0 aromatic carbocycles. The molecule has 0 radical (unpaired) electrons. The molecule has 2 rings (SSSR count). The van der Waals surface area contributed by atoms with Gasteiger partial charge in [-0.05, 0) is 30.9 Å². The van der Waals surface area contributed by atoms with Gasteiger partial charge in [0, 0.05) is 12.7 Å². The highest BCUT2D eigenvalue weighted by Crippen LogP contribution is 2.30. The van der Waals surface area contributed by atoms with E-state index in [1.165, 1.54) is 12.8 Å². The molecule has 0 amide bonds. The summed E-state index contributed by atoms with van der Waals surface area (Å²) in [5, 5.41) is 0. The van der Waals surface area contributed by atoms with Gasteiger partial charge in [0.25, 0.3) is 0 Å². The van der Waals surface area contributed by atoms with Crippen molar-refractivity contribution in [2.24, 2.45) is 11.7 Å². The van der Waals surface area contributed by atoms with Gasteiger partial charge in [0.1, 0.15) is 4.99 Å². The second kappa shape index (κ2) is 2.90. The number of nitrogens with two attached hydrogens (primary N) is 1. The zero-order chi connectivity index (χ0) is 8.55. The van der Waals surface area contributed by atoms with E-state index >= 15 is 0 Å². The predicted octanol–water partition coefficient (Wildman–Crippen LogP) is 1.53. The van der Waals surface area contributed by atoms with Crippen molar-refractivity contribution in [3.63, 3.8) is 0 Å². The number of nitrogens with zero attached hydrogens (tertiary/aromatic N) is 1. The van der Waals surface area contributed by atoms with E-state index in [-0.39, 0.29) is 0 Å². The summed E-state index contributed by atoms with van der Waals surface area (Å²) < 4.78 is 2.15. The lowest BCUT2D eigenvalue weighted by Crippen LogP contribution is -2.15. The molecule has 12 heavy (non-hydrogen) atoms. The van der Waals surface area contributed by atoms with Gasteiger partial charge in [0.2, 0.25) is 0 Å². The summed E-state index contributed by atoms with van der Waals surface area (Å²) in [6.45, 7) is 1.08. The molecule has 0 unspecified atom stereocenters. The molecule has 2 N–H and O–H groups in total. The van der Waals surface area contributed by atoms with E-state index < -0.39 is 0 Å². The van der Waals surface area contributed by atoms with E-state index in [9.17, 15) is 0 Å². The summed E-state index contributed by atoms with van der Waals surface area (Å²) in [5.41, 5.74) is 6.56. The summed E-state index contributed by atoms with van der Waals surface area (Å²) in [7, 11) is 0. The number of thiocarbonyl (C=S) groups is 1. The molecule has 1 aliphatic carbocycles. The second-order valence-electron chi connectivity index (χ2n) is 3.35. The zero-order valence-electron chi connectivity index (χ0n) is 6.86. The van der Waals surface area contributed by atoms with Crippen LogP contribution < -0.4 is 5.73 Å². The van der Waals surface area contributed by atoms with Crippen LogP contribution in [0.1, 0.15) is 18.5 Å². The van der Waals surface area contributed by atoms with Gasteiger partial charge in [0.15, 0.2) is 0 Å². The quantitative estimate of drug-likeness (QED) is 0.715. The predicted molar refractivity (Wildman–Crippen MR) is 53.0 cm³/mol. The molecule has 0 saturated heterocycles. The fourth-order valence-electron chi connectivity index (χ4n) is 1.38. The Kier molecular flexibility index (Phi) is 1.89. The summed E-state index contributed by atoms with van der Waals surface area (Å²) in [5.74, 6) is 0.866. The van der Waals surface area contributed by atoms with E-state index in [1.807, 2.05) is 18.3 Å². The molecule has 2 nitrogen and oxygen atoms in total. The smallest absolute Gasteiger partial charge is 0.120 e. The molecule has 3 heteroatoms. The van der Waals surface area contributed by atoms with Gasteiger partial charge in [-0.3, -0.25) is 0 Å². The first-order valence-electron chi connectivity index (χ1n) is 4.22. The van der Waals surface area contributed by atoms with Crippen LogP contribution in [-0.2, 0) is 6.54 Å². The minimum Gasteiger partial charge on any atom is -0.388 e. The van der Waals surface area contributed by atoms with Crippen molar-refractivity contribution in [3.8, 4) is 0 Å². The van der Waals surface area contributed by atoms with Crippen LogP contribution in [0.25, 0.3) is 0 Å². The highest BCUT2D eigenvalue weighted by molar-refractivity contribution is 7.80. The Morgan fingerprint density at radius 2 is 2.42 bits per heavy atom. The molecule has 0 aliphatic heterocycles. The molecular weight excluding hydrogens is 168 g/mol. The van der Waals surface area contributed by atoms with E-state index in [4.69, 9.17) is 18.0 Å². The van der Waals surface area contributed by atoms with E-state index in [0.717, 1.165) is 18.2 Å². The molecule has 1 saturated carbocycles. The van der Waals surface area contributed by atoms with Crippen molar-refractivity contribution in [3.05, 3.63) is 24.0 Å². The summed E-state index contributed by atoms with van der Waals surface area (Å²) >= 11 is 4.93. The lowest BCUT2D eigenvalue weighted by molar-refractivity contribution is 0.627. The van der Waals surface area contributed by atoms with Gasteiger partial charge >= 0.3 is 0 Å². The van der Waals surface area contributed by atoms with Crippen LogP contribution in [0.15, 0.2) is 18.3 Å². The van der Waals surface area contributed by atoms with Crippen molar-refractivity contribution in [1.82, 2.24) is 4.57 Å². The Labute approximate surface area is 77.4 Å². The normalized spacial score (nSPS) is 16.3. The highest BCUT2D eigenvalue weighted by atomic mass is 32.1. The van der Waals surface area contributed by atoms with Gasteiger partial charge < -0.3 is 10.3 Å². The molecule has 64 valence electrons. The van der Waals surface area contributed by atoms with Gasteiger partial charge in [-0.15, -0.1) is 0 Å². The SMILES string of the molecule is NC(=S)c1cccn1CC1CC1. The third-order valence-electron chi connectivity index (χ3n) is 2.23. The van der Waals surface area contributed by atoms with Crippen molar-refractivity contribution < 1.29 is 0 Å². The number of aromatic nitrogens is 1. The monoisotopic (exact) mass is 180 g/mol. The Balaban J connectivity index is 2.17. The average molecular weight is 180 g/mol. The summed E-state index contributed by atoms with van der Waals surface area (Å²) in [4.78, 5) is 0.501. The van der Waals surface area contributed by atoms with Crippen molar-refractivity contribution in [2.75, 3.05) is 0 Å². The lowest BCUT2D eigenvalue weighted by Gasteiger charge is -2.05. The van der Waals surface area contributed by atoms with Gasteiger partial charge in [-0.1, -0.05) is 12.2 Å². The number of hydrogen-bond acceptors (Lipinski definition) is 1. The second-order valence-corrected chi connectivity index (χ2v) is 3.79. The van der Waals surface area contributed by atoms with E-state index in [1.54, 1.807) is 0 Å². The van der Waals surface area contributed by atoms with Crippen LogP contribution >= 0.6 is 12.2 Å². The fourth-order valence-corrected chi connectivity index (χ4v) is 1.56. The lowest BCUT2D eigenvalue weighted by atomic mass is 10.4. The largest absolute Gasteiger partial charge is 0.388 e. The number of rotatable bonds is 3. The maximum atomic E-state index is 5.57. The first-order valence-corrected chi connectivity index (χ1v) is 4.63. The van der Waals surface area contributed by atoms with Crippen LogP contribution in [0.4, 0.5) is 0 Å². The van der Waals surface area contributed by atoms with Crippen LogP contribution in [0.5, 0.6) is 0 Å². The molecule has 0 atom stereocenters. The maximum Gasteiger partial charge on any atom is 0.120 e. The standard InChI is InChI=1S/C9H12N2S/c10-9(12)8-2-1-5-11(8)6-7-3-4-7/h1-2,5,7H,3-4,6H2,(H2,10,12). The van der Waals surface area contributed by atoms with Gasteiger partial charge in [0.05, 0.1) is 5.69 Å². The third kappa shape index (κ3) is 1.50. The Bertz CT molecular complexity index is 299. The van der Waals surface area contributed by atoms with Crippen LogP contribution in [0.2, 0.25) is 0 Å². The van der Waals surface area contributed by atoms with Crippen LogP contribution in [0, 0.1) is 5.92 Å². The first-order chi connectivity index (χ1) is 5.77. The molecule has 1 fully saturated rings. The summed E-state index contributed by atoms with van der Waals surface area (Å²) in [6.07, 6.45) is 4.76. The third-order valence-corrected chi connectivity index (χ3v) is 2.44. The van der Waals surface area contributed by atoms with Crippen LogP contribution in [-0.4, -0.2) is 9.56 Å². The zero-order valence-corrected chi connectivity index (χ0v) is 7.68. The minimum absolute atomic E-state index is 0.501. The Morgan fingerprint density at radius 1 is 1.67 bits per heavy atom. The number of hydrogen-bond donors (Lipinski definition) is 1. The van der Waals surface area contributed by atoms with E-state index in [2.05, 4.69) is 4.57 Å². The minimum atomic E-state index is 0.501. The van der Waals surface area contributed by atoms with Crippen molar-refractivity contribution >= 4 is 17.2 Å². The fraction of sp³-hybridized carbons (Fsp3) is 0.444.